The van der Waals surface area contributed by atoms with Crippen molar-refractivity contribution in [3.05, 3.63) is 29.4 Å². The molecule has 0 unspecified atom stereocenters. The minimum absolute atomic E-state index is 0.484. The van der Waals surface area contributed by atoms with Gasteiger partial charge in [0.1, 0.15) is 16.8 Å². The summed E-state index contributed by atoms with van der Waals surface area (Å²) in [5, 5.41) is 11.4. The molecular formula is C12H17ClN6. The van der Waals surface area contributed by atoms with Gasteiger partial charge in [0.15, 0.2) is 0 Å². The molecule has 0 atom stereocenters. The Labute approximate surface area is 117 Å². The highest BCUT2D eigenvalue weighted by atomic mass is 35.5. The Morgan fingerprint density at radius 2 is 2.26 bits per heavy atom. The summed E-state index contributed by atoms with van der Waals surface area (Å²) in [7, 11) is 0. The molecule has 0 saturated heterocycles. The van der Waals surface area contributed by atoms with Gasteiger partial charge in [0, 0.05) is 31.8 Å². The molecule has 1 N–H and O–H groups in total. The molecule has 19 heavy (non-hydrogen) atoms. The molecule has 0 fully saturated rings. The van der Waals surface area contributed by atoms with E-state index in [9.17, 15) is 0 Å². The number of rotatable bonds is 7. The summed E-state index contributed by atoms with van der Waals surface area (Å²) in [4.78, 5) is 8.60. The van der Waals surface area contributed by atoms with E-state index in [1.54, 1.807) is 16.9 Å². The molecule has 0 bridgehead atoms. The molecule has 6 nitrogen and oxygen atoms in total. The molecule has 102 valence electrons. The average Bonchev–Trinajstić information content (AvgIpc) is 2.87. The lowest BCUT2D eigenvalue weighted by molar-refractivity contribution is 0.569. The number of hydrogen-bond acceptors (Lipinski definition) is 5. The fraction of sp³-hybridized carbons (Fsp3) is 0.500. The molecule has 2 aromatic rings. The molecule has 0 saturated carbocycles. The third-order valence-corrected chi connectivity index (χ3v) is 2.75. The van der Waals surface area contributed by atoms with Crippen LogP contribution < -0.4 is 5.32 Å². The molecule has 0 radical (unpaired) electrons. The van der Waals surface area contributed by atoms with Crippen LogP contribution in [0.1, 0.15) is 25.6 Å². The Bertz CT molecular complexity index is 499. The largest absolute Gasteiger partial charge is 0.370 e. The molecule has 0 aliphatic rings. The summed E-state index contributed by atoms with van der Waals surface area (Å²) in [5.41, 5.74) is 0. The van der Waals surface area contributed by atoms with E-state index in [1.165, 1.54) is 0 Å². The predicted octanol–water partition coefficient (Wildman–Crippen LogP) is 2.18. The van der Waals surface area contributed by atoms with Crippen LogP contribution in [0.4, 0.5) is 5.82 Å². The fourth-order valence-electron chi connectivity index (χ4n) is 1.70. The van der Waals surface area contributed by atoms with Crippen LogP contribution in [0.2, 0.25) is 5.15 Å². The number of aryl methyl sites for hydroxylation is 2. The molecule has 0 aromatic carbocycles. The zero-order chi connectivity index (χ0) is 13.5. The van der Waals surface area contributed by atoms with Crippen LogP contribution in [0.25, 0.3) is 0 Å². The van der Waals surface area contributed by atoms with Crippen LogP contribution in [-0.2, 0) is 13.0 Å². The first-order valence-corrected chi connectivity index (χ1v) is 6.77. The Balaban J connectivity index is 1.81. The van der Waals surface area contributed by atoms with Crippen molar-refractivity contribution in [2.75, 3.05) is 11.9 Å². The summed E-state index contributed by atoms with van der Waals surface area (Å²) in [6.07, 6.45) is 6.31. The molecule has 2 aromatic heterocycles. The van der Waals surface area contributed by atoms with E-state index in [0.29, 0.717) is 5.15 Å². The Kier molecular flexibility index (Phi) is 5.09. The Morgan fingerprint density at radius 3 is 3.00 bits per heavy atom. The maximum absolute atomic E-state index is 5.97. The quantitative estimate of drug-likeness (QED) is 0.622. The van der Waals surface area contributed by atoms with Crippen molar-refractivity contribution in [2.45, 2.75) is 32.7 Å². The average molecular weight is 281 g/mol. The maximum atomic E-state index is 5.97. The summed E-state index contributed by atoms with van der Waals surface area (Å²) >= 11 is 5.97. The molecule has 2 heterocycles. The van der Waals surface area contributed by atoms with Crippen molar-refractivity contribution < 1.29 is 0 Å². The van der Waals surface area contributed by atoms with Crippen molar-refractivity contribution in [1.29, 1.82) is 0 Å². The highest BCUT2D eigenvalue weighted by molar-refractivity contribution is 6.29. The van der Waals surface area contributed by atoms with Gasteiger partial charge in [0.05, 0.1) is 6.20 Å². The van der Waals surface area contributed by atoms with Gasteiger partial charge in [-0.15, -0.1) is 5.10 Å². The van der Waals surface area contributed by atoms with Gasteiger partial charge in [-0.1, -0.05) is 23.7 Å². The molecule has 0 aliphatic carbocycles. The second-order valence-corrected chi connectivity index (χ2v) is 4.58. The highest BCUT2D eigenvalue weighted by Crippen LogP contribution is 2.12. The van der Waals surface area contributed by atoms with Gasteiger partial charge in [0.2, 0.25) is 0 Å². The molecule has 0 amide bonds. The van der Waals surface area contributed by atoms with Crippen molar-refractivity contribution in [1.82, 2.24) is 25.0 Å². The highest BCUT2D eigenvalue weighted by Gasteiger charge is 2.02. The van der Waals surface area contributed by atoms with Gasteiger partial charge in [-0.3, -0.25) is 4.68 Å². The first-order chi connectivity index (χ1) is 9.28. The Morgan fingerprint density at radius 1 is 1.37 bits per heavy atom. The lowest BCUT2D eigenvalue weighted by Crippen LogP contribution is -2.09. The fourth-order valence-corrected chi connectivity index (χ4v) is 1.90. The molecule has 0 spiro atoms. The second kappa shape index (κ2) is 7.04. The second-order valence-electron chi connectivity index (χ2n) is 4.19. The maximum Gasteiger partial charge on any atom is 0.134 e. The van der Waals surface area contributed by atoms with E-state index in [-0.39, 0.29) is 0 Å². The minimum atomic E-state index is 0.484. The first kappa shape index (κ1) is 13.7. The standard InChI is InChI=1S/C12H17ClN6/c1-2-4-11-16-10(13)9-12(17-11)14-5-3-7-19-8-6-15-18-19/h6,8-9H,2-5,7H2,1H3,(H,14,16,17). The van der Waals surface area contributed by atoms with Crippen molar-refractivity contribution >= 4 is 17.4 Å². The third kappa shape index (κ3) is 4.48. The Hall–Kier alpha value is -1.69. The van der Waals surface area contributed by atoms with E-state index in [1.807, 2.05) is 6.20 Å². The molecular weight excluding hydrogens is 264 g/mol. The lowest BCUT2D eigenvalue weighted by Gasteiger charge is -2.07. The van der Waals surface area contributed by atoms with E-state index in [4.69, 9.17) is 11.6 Å². The smallest absolute Gasteiger partial charge is 0.134 e. The topological polar surface area (TPSA) is 68.5 Å². The number of aromatic nitrogens is 5. The van der Waals surface area contributed by atoms with Gasteiger partial charge in [-0.05, 0) is 12.8 Å². The van der Waals surface area contributed by atoms with Crippen molar-refractivity contribution in [3.8, 4) is 0 Å². The van der Waals surface area contributed by atoms with E-state index in [2.05, 4.69) is 32.5 Å². The van der Waals surface area contributed by atoms with E-state index >= 15 is 0 Å². The summed E-state index contributed by atoms with van der Waals surface area (Å²) in [6.45, 7) is 3.72. The third-order valence-electron chi connectivity index (χ3n) is 2.56. The van der Waals surface area contributed by atoms with Crippen LogP contribution in [0.3, 0.4) is 0 Å². The predicted molar refractivity (Wildman–Crippen MR) is 74.2 cm³/mol. The molecule has 0 aliphatic heterocycles. The van der Waals surface area contributed by atoms with Crippen LogP contribution in [0.5, 0.6) is 0 Å². The zero-order valence-electron chi connectivity index (χ0n) is 10.9. The van der Waals surface area contributed by atoms with Gasteiger partial charge >= 0.3 is 0 Å². The van der Waals surface area contributed by atoms with E-state index in [0.717, 1.165) is 44.0 Å². The normalized spacial score (nSPS) is 10.6. The number of hydrogen-bond donors (Lipinski definition) is 1. The number of nitrogens with zero attached hydrogens (tertiary/aromatic N) is 5. The summed E-state index contributed by atoms with van der Waals surface area (Å²) in [5.74, 6) is 1.57. The van der Waals surface area contributed by atoms with Gasteiger partial charge in [0.25, 0.3) is 0 Å². The number of halogens is 1. The van der Waals surface area contributed by atoms with Crippen LogP contribution in [0, 0.1) is 0 Å². The van der Waals surface area contributed by atoms with Gasteiger partial charge in [-0.2, -0.15) is 0 Å². The van der Waals surface area contributed by atoms with Crippen molar-refractivity contribution in [2.24, 2.45) is 0 Å². The zero-order valence-corrected chi connectivity index (χ0v) is 11.6. The van der Waals surface area contributed by atoms with Gasteiger partial charge < -0.3 is 5.32 Å². The first-order valence-electron chi connectivity index (χ1n) is 6.39. The van der Waals surface area contributed by atoms with Crippen LogP contribution >= 0.6 is 11.6 Å². The number of anilines is 1. The SMILES string of the molecule is CCCc1nc(Cl)cc(NCCCn2ccnn2)n1. The lowest BCUT2D eigenvalue weighted by atomic mass is 10.3. The summed E-state index contributed by atoms with van der Waals surface area (Å²) in [6, 6.07) is 1.75. The van der Waals surface area contributed by atoms with Crippen LogP contribution in [-0.4, -0.2) is 31.5 Å². The van der Waals surface area contributed by atoms with E-state index < -0.39 is 0 Å². The molecule has 2 rings (SSSR count). The van der Waals surface area contributed by atoms with Gasteiger partial charge in [-0.25, -0.2) is 9.97 Å². The summed E-state index contributed by atoms with van der Waals surface area (Å²) < 4.78 is 1.80. The minimum Gasteiger partial charge on any atom is -0.370 e. The van der Waals surface area contributed by atoms with Crippen LogP contribution in [0.15, 0.2) is 18.5 Å². The molecule has 7 heteroatoms. The number of nitrogens with one attached hydrogen (secondary N) is 1. The monoisotopic (exact) mass is 280 g/mol. The van der Waals surface area contributed by atoms with Crippen molar-refractivity contribution in [3.63, 3.8) is 0 Å².